The molecule has 10 nitrogen and oxygen atoms in total. The van der Waals surface area contributed by atoms with Gasteiger partial charge in [-0.15, -0.1) is 0 Å². The number of nitrogens with zero attached hydrogens (tertiary/aromatic N) is 8. The van der Waals surface area contributed by atoms with Gasteiger partial charge in [0.25, 0.3) is 0 Å². The lowest BCUT2D eigenvalue weighted by molar-refractivity contribution is 0.419. The van der Waals surface area contributed by atoms with E-state index in [4.69, 9.17) is 24.7 Å². The Balaban J connectivity index is 0.000000141. The molecule has 0 saturated carbocycles. The molecule has 346 valence electrons. The van der Waals surface area contributed by atoms with Crippen LogP contribution in [0, 0.1) is 0 Å². The highest BCUT2D eigenvalue weighted by molar-refractivity contribution is 6.04. The number of hydrogen-bond donors (Lipinski definition) is 1. The summed E-state index contributed by atoms with van der Waals surface area (Å²) in [6.07, 6.45) is 3.63. The number of para-hydroxylation sites is 2. The minimum atomic E-state index is 0.162. The summed E-state index contributed by atoms with van der Waals surface area (Å²) in [5, 5.41) is 14.8. The Hall–Kier alpha value is -10.1. The van der Waals surface area contributed by atoms with Crippen LogP contribution in [0.2, 0.25) is 0 Å². The highest BCUT2D eigenvalue weighted by Crippen LogP contribution is 2.37. The molecule has 0 spiro atoms. The van der Waals surface area contributed by atoms with E-state index in [1.165, 1.54) is 0 Å². The zero-order valence-electron chi connectivity index (χ0n) is 39.4. The quantitative estimate of drug-likeness (QED) is 0.157. The molecular weight excluding hydrogens is 901 g/mol. The first-order valence-corrected chi connectivity index (χ1v) is 23.9. The van der Waals surface area contributed by atoms with E-state index in [1.54, 1.807) is 19.4 Å². The zero-order chi connectivity index (χ0) is 48.8. The highest BCUT2D eigenvalue weighted by atomic mass is 16.5. The van der Waals surface area contributed by atoms with Gasteiger partial charge < -0.3 is 9.84 Å². The first-order chi connectivity index (χ1) is 36.1. The van der Waals surface area contributed by atoms with Crippen molar-refractivity contribution in [3.05, 3.63) is 231 Å². The van der Waals surface area contributed by atoms with Crippen molar-refractivity contribution in [1.82, 2.24) is 39.0 Å². The summed E-state index contributed by atoms with van der Waals surface area (Å²) in [5.41, 5.74) is 14.6. The van der Waals surface area contributed by atoms with Gasteiger partial charge in [-0.25, -0.2) is 19.9 Å². The minimum absolute atomic E-state index is 0.162. The van der Waals surface area contributed by atoms with Gasteiger partial charge in [-0.1, -0.05) is 146 Å². The molecule has 0 saturated heterocycles. The summed E-state index contributed by atoms with van der Waals surface area (Å²) in [5.74, 6) is 2.54. The average molecular weight is 943 g/mol. The third-order valence-electron chi connectivity index (χ3n) is 13.3. The normalized spacial score (nSPS) is 11.4. The highest BCUT2D eigenvalue weighted by Gasteiger charge is 2.20. The van der Waals surface area contributed by atoms with Crippen LogP contribution in [0.4, 0.5) is 0 Å². The molecule has 6 heterocycles. The van der Waals surface area contributed by atoms with E-state index in [1.807, 2.05) is 103 Å². The maximum atomic E-state index is 10.5. The van der Waals surface area contributed by atoms with E-state index in [2.05, 4.69) is 134 Å². The topological polar surface area (TPSA) is 117 Å². The molecule has 0 bridgehead atoms. The number of phenolic OH excluding ortho intramolecular Hbond substituents is 1. The van der Waals surface area contributed by atoms with Gasteiger partial charge in [-0.3, -0.25) is 19.1 Å². The van der Waals surface area contributed by atoms with Crippen LogP contribution in [0.3, 0.4) is 0 Å². The van der Waals surface area contributed by atoms with Gasteiger partial charge in [0.2, 0.25) is 0 Å². The van der Waals surface area contributed by atoms with Crippen LogP contribution in [0.5, 0.6) is 11.5 Å². The molecular formula is C63H42N8O2. The van der Waals surface area contributed by atoms with Crippen molar-refractivity contribution in [2.24, 2.45) is 0 Å². The number of phenols is 1. The van der Waals surface area contributed by atoms with Crippen molar-refractivity contribution in [2.45, 2.75) is 0 Å². The molecule has 1 N–H and O–H groups in total. The van der Waals surface area contributed by atoms with Gasteiger partial charge in [-0.2, -0.15) is 0 Å². The van der Waals surface area contributed by atoms with Crippen LogP contribution in [0.15, 0.2) is 231 Å². The number of aromatic nitrogens is 8. The summed E-state index contributed by atoms with van der Waals surface area (Å²) < 4.78 is 9.92. The van der Waals surface area contributed by atoms with Crippen molar-refractivity contribution in [1.29, 1.82) is 0 Å². The SMILES string of the molecule is COc1cccc2c1nc(-c1ccccc1)n2-c1cccc(-c2ccc3ccc4cccnc4c3n2)c1.Oc1cccc2c1nc(-c1ccccc1)n2-c1cccc(-c2ccc3ccc4cccnc4c3n2)c1. The van der Waals surface area contributed by atoms with Gasteiger partial charge >= 0.3 is 0 Å². The third kappa shape index (κ3) is 7.71. The second kappa shape index (κ2) is 18.0. The molecule has 6 aromatic heterocycles. The Morgan fingerprint density at radius 3 is 1.32 bits per heavy atom. The summed E-state index contributed by atoms with van der Waals surface area (Å²) in [7, 11) is 1.68. The van der Waals surface area contributed by atoms with Crippen LogP contribution < -0.4 is 4.74 Å². The van der Waals surface area contributed by atoms with Crippen LogP contribution >= 0.6 is 0 Å². The van der Waals surface area contributed by atoms with E-state index >= 15 is 0 Å². The molecule has 0 aliphatic heterocycles. The molecule has 0 radical (unpaired) electrons. The molecule has 10 heteroatoms. The predicted molar refractivity (Wildman–Crippen MR) is 293 cm³/mol. The molecule has 0 atom stereocenters. The van der Waals surface area contributed by atoms with Gasteiger partial charge in [0.15, 0.2) is 0 Å². The van der Waals surface area contributed by atoms with E-state index in [-0.39, 0.29) is 5.75 Å². The number of methoxy groups -OCH3 is 1. The van der Waals surface area contributed by atoms with Crippen molar-refractivity contribution in [2.75, 3.05) is 7.11 Å². The minimum Gasteiger partial charge on any atom is -0.506 e. The Morgan fingerprint density at radius 2 is 0.795 bits per heavy atom. The second-order valence-corrected chi connectivity index (χ2v) is 17.7. The third-order valence-corrected chi connectivity index (χ3v) is 13.3. The fourth-order valence-corrected chi connectivity index (χ4v) is 9.78. The standard InChI is InChI=1S/C32H22N4O.C31H20N4O/c1-37-28-14-6-13-27-31(28)35-32(23-8-3-2-4-9-23)36(27)25-12-5-10-24(20-25)26-18-17-22-16-15-21-11-7-19-33-29(21)30(22)34-26;36-27-13-5-12-26-30(27)34-31(22-7-2-1-3-8-22)35(26)24-11-4-9-23(19-24)25-17-16-21-15-14-20-10-6-18-32-28(20)29(21)33-25/h2-20H,1H3;1-19,36H. The van der Waals surface area contributed by atoms with Crippen molar-refractivity contribution >= 4 is 65.7 Å². The molecule has 14 rings (SSSR count). The molecule has 0 aliphatic carbocycles. The number of fused-ring (bicyclic) bond motifs is 8. The number of hydrogen-bond acceptors (Lipinski definition) is 8. The van der Waals surface area contributed by atoms with E-state index in [0.29, 0.717) is 5.52 Å². The van der Waals surface area contributed by atoms with Crippen molar-refractivity contribution in [3.8, 4) is 68.2 Å². The summed E-state index contributed by atoms with van der Waals surface area (Å²) in [6.45, 7) is 0. The maximum absolute atomic E-state index is 10.5. The van der Waals surface area contributed by atoms with E-state index in [9.17, 15) is 5.11 Å². The second-order valence-electron chi connectivity index (χ2n) is 17.7. The Morgan fingerprint density at radius 1 is 0.356 bits per heavy atom. The number of pyridine rings is 4. The fourth-order valence-electron chi connectivity index (χ4n) is 9.78. The summed E-state index contributed by atoms with van der Waals surface area (Å²) in [6, 6.07) is 73.2. The molecule has 14 aromatic rings. The van der Waals surface area contributed by atoms with Crippen LogP contribution in [-0.2, 0) is 0 Å². The van der Waals surface area contributed by atoms with Crippen LogP contribution in [0.1, 0.15) is 0 Å². The predicted octanol–water partition coefficient (Wildman–Crippen LogP) is 14.6. The van der Waals surface area contributed by atoms with Gasteiger partial charge in [0, 0.05) is 67.6 Å². The molecule has 8 aromatic carbocycles. The molecule has 73 heavy (non-hydrogen) atoms. The van der Waals surface area contributed by atoms with Crippen LogP contribution in [0.25, 0.3) is 122 Å². The van der Waals surface area contributed by atoms with Crippen molar-refractivity contribution < 1.29 is 9.84 Å². The molecule has 0 unspecified atom stereocenters. The summed E-state index contributed by atoms with van der Waals surface area (Å²) >= 11 is 0. The Kier molecular flexibility index (Phi) is 10.6. The smallest absolute Gasteiger partial charge is 0.146 e. The summed E-state index contributed by atoms with van der Waals surface area (Å²) in [4.78, 5) is 29.1. The van der Waals surface area contributed by atoms with E-state index < -0.39 is 0 Å². The average Bonchev–Trinajstić information content (AvgIpc) is 4.06. The lowest BCUT2D eigenvalue weighted by Crippen LogP contribution is -1.98. The lowest BCUT2D eigenvalue weighted by atomic mass is 10.1. The molecule has 0 amide bonds. The van der Waals surface area contributed by atoms with Gasteiger partial charge in [0.05, 0.1) is 51.6 Å². The van der Waals surface area contributed by atoms with Crippen LogP contribution in [-0.4, -0.2) is 51.3 Å². The number of aromatic hydroxyl groups is 1. The first kappa shape index (κ1) is 43.0. The monoisotopic (exact) mass is 942 g/mol. The van der Waals surface area contributed by atoms with Crippen molar-refractivity contribution in [3.63, 3.8) is 0 Å². The lowest BCUT2D eigenvalue weighted by Gasteiger charge is -2.12. The number of ether oxygens (including phenoxy) is 1. The number of rotatable bonds is 7. The van der Waals surface area contributed by atoms with Gasteiger partial charge in [0.1, 0.15) is 34.2 Å². The number of imidazole rings is 2. The molecule has 0 fully saturated rings. The molecule has 0 aliphatic rings. The largest absolute Gasteiger partial charge is 0.506 e. The number of benzene rings is 8. The Bertz CT molecular complexity index is 4400. The first-order valence-electron chi connectivity index (χ1n) is 23.9. The maximum Gasteiger partial charge on any atom is 0.146 e. The zero-order valence-corrected chi connectivity index (χ0v) is 39.4. The van der Waals surface area contributed by atoms with Gasteiger partial charge in [-0.05, 0) is 72.8 Å². The Labute approximate surface area is 418 Å². The fraction of sp³-hybridized carbons (Fsp3) is 0.0159. The van der Waals surface area contributed by atoms with E-state index in [0.717, 1.165) is 123 Å².